The molecule has 1 aliphatic rings. The minimum absolute atomic E-state index is 0.0726. The van der Waals surface area contributed by atoms with Crippen molar-refractivity contribution in [2.24, 2.45) is 5.92 Å². The van der Waals surface area contributed by atoms with Crippen molar-refractivity contribution in [3.05, 3.63) is 29.8 Å². The molecule has 156 valence electrons. The summed E-state index contributed by atoms with van der Waals surface area (Å²) in [5.74, 6) is -0.0164. The number of aliphatic hydroxyl groups is 1. The topological polar surface area (TPSA) is 87.2 Å². The second-order valence-electron chi connectivity index (χ2n) is 7.35. The van der Waals surface area contributed by atoms with Crippen molar-refractivity contribution in [1.29, 1.82) is 0 Å². The van der Waals surface area contributed by atoms with E-state index in [9.17, 15) is 18.3 Å². The Kier molecular flexibility index (Phi) is 7.25. The van der Waals surface area contributed by atoms with E-state index in [-0.39, 0.29) is 35.6 Å². The first kappa shape index (κ1) is 22.4. The van der Waals surface area contributed by atoms with Gasteiger partial charge in [-0.05, 0) is 31.5 Å². The van der Waals surface area contributed by atoms with E-state index in [1.807, 2.05) is 26.0 Å². The molecule has 1 N–H and O–H groups in total. The highest BCUT2D eigenvalue weighted by atomic mass is 32.2. The van der Waals surface area contributed by atoms with Crippen LogP contribution in [0.4, 0.5) is 0 Å². The van der Waals surface area contributed by atoms with Crippen LogP contribution in [-0.2, 0) is 14.8 Å². The number of nitrogens with zero attached hydrogens (tertiary/aromatic N) is 2. The molecule has 0 aromatic heterocycles. The number of carbonyl (C=O) groups excluding carboxylic acids is 1. The first-order chi connectivity index (χ1) is 13.1. The number of sulfonamides is 1. The number of carbonyl (C=O) groups is 1. The van der Waals surface area contributed by atoms with Crippen molar-refractivity contribution in [3.8, 4) is 5.75 Å². The molecule has 0 saturated carbocycles. The maximum atomic E-state index is 13.3. The van der Waals surface area contributed by atoms with E-state index in [0.29, 0.717) is 6.54 Å². The molecule has 1 amide bonds. The molecule has 7 nitrogen and oxygen atoms in total. The summed E-state index contributed by atoms with van der Waals surface area (Å²) in [6.45, 7) is 7.18. The quantitative estimate of drug-likeness (QED) is 0.802. The summed E-state index contributed by atoms with van der Waals surface area (Å²) in [7, 11) is -2.15. The lowest BCUT2D eigenvalue weighted by Gasteiger charge is -2.37. The average Bonchev–Trinajstić information content (AvgIpc) is 2.64. The molecule has 1 aromatic rings. The van der Waals surface area contributed by atoms with Gasteiger partial charge in [0.25, 0.3) is 0 Å². The Morgan fingerprint density at radius 2 is 2.14 bits per heavy atom. The van der Waals surface area contributed by atoms with Crippen molar-refractivity contribution in [1.82, 2.24) is 9.21 Å². The zero-order chi connectivity index (χ0) is 21.1. The summed E-state index contributed by atoms with van der Waals surface area (Å²) in [4.78, 5) is 13.3. The summed E-state index contributed by atoms with van der Waals surface area (Å²) in [5, 5.41) is 9.61. The minimum Gasteiger partial charge on any atom is -0.487 e. The molecule has 0 aliphatic carbocycles. The van der Waals surface area contributed by atoms with Gasteiger partial charge >= 0.3 is 0 Å². The predicted octanol–water partition coefficient (Wildman–Crippen LogP) is 1.97. The SMILES string of the molecule is C/C=C/c1ccc2c(c1)O[C@H](CN(C)C(C)=O)[C@H](C)CN([C@@H](C)CO)S2(=O)=O. The van der Waals surface area contributed by atoms with Gasteiger partial charge in [-0.25, -0.2) is 8.42 Å². The van der Waals surface area contributed by atoms with Gasteiger partial charge in [-0.3, -0.25) is 4.79 Å². The minimum atomic E-state index is -3.84. The molecule has 0 fully saturated rings. The molecule has 1 aromatic carbocycles. The molecule has 0 unspecified atom stereocenters. The van der Waals surface area contributed by atoms with Gasteiger partial charge in [0.1, 0.15) is 16.7 Å². The summed E-state index contributed by atoms with van der Waals surface area (Å²) in [6.07, 6.45) is 3.34. The zero-order valence-corrected chi connectivity index (χ0v) is 17.9. The Balaban J connectivity index is 2.59. The number of allylic oxidation sites excluding steroid dienone is 1. The number of hydrogen-bond donors (Lipinski definition) is 1. The van der Waals surface area contributed by atoms with Crippen LogP contribution in [0.15, 0.2) is 29.2 Å². The summed E-state index contributed by atoms with van der Waals surface area (Å²) in [5.41, 5.74) is 0.824. The molecule has 8 heteroatoms. The van der Waals surface area contributed by atoms with Crippen LogP contribution in [0.3, 0.4) is 0 Å². The number of fused-ring (bicyclic) bond motifs is 1. The molecule has 0 bridgehead atoms. The van der Waals surface area contributed by atoms with Crippen LogP contribution >= 0.6 is 0 Å². The average molecular weight is 411 g/mol. The largest absolute Gasteiger partial charge is 0.487 e. The first-order valence-corrected chi connectivity index (χ1v) is 10.8. The van der Waals surface area contributed by atoms with Gasteiger partial charge in [-0.1, -0.05) is 25.1 Å². The fourth-order valence-corrected chi connectivity index (χ4v) is 4.98. The second-order valence-corrected chi connectivity index (χ2v) is 9.20. The normalized spacial score (nSPS) is 23.4. The standard InChI is InChI=1S/C20H30N2O5S/c1-6-7-17-8-9-20-18(10-17)27-19(12-21(5)16(4)24)14(2)11-22(15(3)13-23)28(20,25)26/h6-10,14-15,19,23H,11-13H2,1-5H3/b7-6+/t14-,15+,19-/m1/s1. The Labute approximate surface area is 167 Å². The van der Waals surface area contributed by atoms with Gasteiger partial charge in [-0.2, -0.15) is 4.31 Å². The van der Waals surface area contributed by atoms with E-state index in [1.54, 1.807) is 37.1 Å². The lowest BCUT2D eigenvalue weighted by Crippen LogP contribution is -2.50. The third-order valence-electron chi connectivity index (χ3n) is 5.04. The first-order valence-electron chi connectivity index (χ1n) is 9.39. The highest BCUT2D eigenvalue weighted by Crippen LogP contribution is 2.34. The third-order valence-corrected chi connectivity index (χ3v) is 7.06. The second kappa shape index (κ2) is 9.07. The molecular weight excluding hydrogens is 380 g/mol. The van der Waals surface area contributed by atoms with Crippen LogP contribution in [0.2, 0.25) is 0 Å². The number of ether oxygens (including phenoxy) is 1. The molecule has 28 heavy (non-hydrogen) atoms. The van der Waals surface area contributed by atoms with Crippen LogP contribution < -0.4 is 4.74 Å². The summed E-state index contributed by atoms with van der Waals surface area (Å²) < 4.78 is 34.0. The number of hydrogen-bond acceptors (Lipinski definition) is 5. The predicted molar refractivity (Wildman–Crippen MR) is 108 cm³/mol. The number of amides is 1. The van der Waals surface area contributed by atoms with E-state index >= 15 is 0 Å². The lowest BCUT2D eigenvalue weighted by atomic mass is 10.0. The molecule has 3 atom stereocenters. The van der Waals surface area contributed by atoms with Crippen molar-refractivity contribution < 1.29 is 23.1 Å². The molecular formula is C20H30N2O5S. The Morgan fingerprint density at radius 1 is 1.46 bits per heavy atom. The van der Waals surface area contributed by atoms with Crippen molar-refractivity contribution in [2.45, 2.75) is 44.7 Å². The van der Waals surface area contributed by atoms with Gasteiger partial charge in [0.05, 0.1) is 13.2 Å². The number of benzene rings is 1. The van der Waals surface area contributed by atoms with Crippen molar-refractivity contribution >= 4 is 22.0 Å². The third kappa shape index (κ3) is 4.74. The Hall–Kier alpha value is -1.90. The highest BCUT2D eigenvalue weighted by Gasteiger charge is 2.38. The maximum Gasteiger partial charge on any atom is 0.247 e. The summed E-state index contributed by atoms with van der Waals surface area (Å²) in [6, 6.07) is 4.40. The smallest absolute Gasteiger partial charge is 0.247 e. The van der Waals surface area contributed by atoms with Crippen LogP contribution in [0, 0.1) is 5.92 Å². The van der Waals surface area contributed by atoms with E-state index in [1.165, 1.54) is 11.2 Å². The van der Waals surface area contributed by atoms with Crippen LogP contribution in [-0.4, -0.2) is 67.5 Å². The van der Waals surface area contributed by atoms with E-state index in [2.05, 4.69) is 0 Å². The molecule has 0 radical (unpaired) electrons. The van der Waals surface area contributed by atoms with Crippen LogP contribution in [0.1, 0.15) is 33.3 Å². The number of rotatable bonds is 5. The van der Waals surface area contributed by atoms with Crippen LogP contribution in [0.5, 0.6) is 5.75 Å². The maximum absolute atomic E-state index is 13.3. The Bertz CT molecular complexity index is 837. The Morgan fingerprint density at radius 3 is 2.71 bits per heavy atom. The fourth-order valence-electron chi connectivity index (χ4n) is 3.15. The molecule has 0 spiro atoms. The molecule has 2 rings (SSSR count). The monoisotopic (exact) mass is 410 g/mol. The van der Waals surface area contributed by atoms with Gasteiger partial charge in [0, 0.05) is 32.5 Å². The van der Waals surface area contributed by atoms with Gasteiger partial charge < -0.3 is 14.7 Å². The molecule has 0 saturated heterocycles. The van der Waals surface area contributed by atoms with Crippen molar-refractivity contribution in [2.75, 3.05) is 26.7 Å². The van der Waals surface area contributed by atoms with Gasteiger partial charge in [0.2, 0.25) is 15.9 Å². The van der Waals surface area contributed by atoms with Gasteiger partial charge in [-0.15, -0.1) is 0 Å². The van der Waals surface area contributed by atoms with E-state index < -0.39 is 22.2 Å². The number of aliphatic hydroxyl groups excluding tert-OH is 1. The molecule has 1 aliphatic heterocycles. The van der Waals surface area contributed by atoms with E-state index in [4.69, 9.17) is 4.74 Å². The van der Waals surface area contributed by atoms with Gasteiger partial charge in [0.15, 0.2) is 0 Å². The number of likely N-dealkylation sites (N-methyl/N-ethyl adjacent to an activating group) is 1. The van der Waals surface area contributed by atoms with Crippen molar-refractivity contribution in [3.63, 3.8) is 0 Å². The van der Waals surface area contributed by atoms with E-state index in [0.717, 1.165) is 5.56 Å². The lowest BCUT2D eigenvalue weighted by molar-refractivity contribution is -0.129. The summed E-state index contributed by atoms with van der Waals surface area (Å²) >= 11 is 0. The fraction of sp³-hybridized carbons (Fsp3) is 0.550. The van der Waals surface area contributed by atoms with Crippen LogP contribution in [0.25, 0.3) is 6.08 Å². The molecule has 1 heterocycles. The zero-order valence-electron chi connectivity index (χ0n) is 17.1. The highest BCUT2D eigenvalue weighted by molar-refractivity contribution is 7.89.